The molecule has 0 aliphatic heterocycles. The van der Waals surface area contributed by atoms with Gasteiger partial charge in [0.1, 0.15) is 5.69 Å². The van der Waals surface area contributed by atoms with E-state index in [1.165, 1.54) is 6.07 Å². The molecule has 8 heteroatoms. The fourth-order valence-corrected chi connectivity index (χ4v) is 2.59. The van der Waals surface area contributed by atoms with E-state index in [4.69, 9.17) is 0 Å². The van der Waals surface area contributed by atoms with Gasteiger partial charge < -0.3 is 10.6 Å². The van der Waals surface area contributed by atoms with Gasteiger partial charge in [0.15, 0.2) is 0 Å². The smallest absolute Gasteiger partial charge is 0.292 e. The number of amides is 1. The number of benzene rings is 2. The first-order chi connectivity index (χ1) is 13.1. The van der Waals surface area contributed by atoms with E-state index in [2.05, 4.69) is 15.7 Å². The zero-order chi connectivity index (χ0) is 19.1. The zero-order valence-electron chi connectivity index (χ0n) is 14.5. The Bertz CT molecular complexity index is 907. The Morgan fingerprint density at radius 3 is 2.59 bits per heavy atom. The molecule has 0 fully saturated rings. The zero-order valence-corrected chi connectivity index (χ0v) is 14.5. The number of aromatic nitrogens is 2. The quantitative estimate of drug-likeness (QED) is 0.471. The Kier molecular flexibility index (Phi) is 5.78. The summed E-state index contributed by atoms with van der Waals surface area (Å²) in [5.41, 5.74) is 2.17. The topological polar surface area (TPSA) is 102 Å². The summed E-state index contributed by atoms with van der Waals surface area (Å²) in [4.78, 5) is 22.6. The molecule has 0 unspecified atom stereocenters. The predicted molar refractivity (Wildman–Crippen MR) is 103 cm³/mol. The van der Waals surface area contributed by atoms with Crippen molar-refractivity contribution in [2.45, 2.75) is 13.0 Å². The third-order valence-electron chi connectivity index (χ3n) is 3.91. The molecule has 0 spiro atoms. The highest BCUT2D eigenvalue weighted by Crippen LogP contribution is 2.22. The standard InChI is InChI=1S/C19H19N5O3/c25-19(10-12-20-17-4-1-2-5-18(17)24(26)27)22-16-8-6-15(7-9-16)14-23-13-3-11-21-23/h1-9,11,13,20H,10,12,14H2,(H,22,25). The summed E-state index contributed by atoms with van der Waals surface area (Å²) in [5.74, 6) is -0.166. The third kappa shape index (κ3) is 5.15. The van der Waals surface area contributed by atoms with E-state index in [0.29, 0.717) is 24.5 Å². The number of para-hydroxylation sites is 2. The molecule has 8 nitrogen and oxygen atoms in total. The molecular formula is C19H19N5O3. The van der Waals surface area contributed by atoms with Crippen molar-refractivity contribution in [3.63, 3.8) is 0 Å². The van der Waals surface area contributed by atoms with Crippen molar-refractivity contribution in [2.24, 2.45) is 0 Å². The molecule has 2 aromatic carbocycles. The van der Waals surface area contributed by atoms with Crippen LogP contribution in [0.3, 0.4) is 0 Å². The van der Waals surface area contributed by atoms with Crippen LogP contribution in [0.4, 0.5) is 17.1 Å². The molecule has 1 aromatic heterocycles. The van der Waals surface area contributed by atoms with Gasteiger partial charge in [-0.1, -0.05) is 24.3 Å². The number of hydrogen-bond acceptors (Lipinski definition) is 5. The monoisotopic (exact) mass is 365 g/mol. The summed E-state index contributed by atoms with van der Waals surface area (Å²) in [6.07, 6.45) is 3.81. The van der Waals surface area contributed by atoms with Gasteiger partial charge in [0, 0.05) is 37.1 Å². The van der Waals surface area contributed by atoms with Crippen LogP contribution in [0.1, 0.15) is 12.0 Å². The Labute approximate surface area is 156 Å². The molecule has 2 N–H and O–H groups in total. The van der Waals surface area contributed by atoms with E-state index in [9.17, 15) is 14.9 Å². The Hall–Kier alpha value is -3.68. The van der Waals surface area contributed by atoms with Crippen molar-refractivity contribution in [3.8, 4) is 0 Å². The Morgan fingerprint density at radius 2 is 1.89 bits per heavy atom. The number of nitrogens with one attached hydrogen (secondary N) is 2. The first kappa shape index (κ1) is 18.1. The van der Waals surface area contributed by atoms with Crippen LogP contribution in [-0.4, -0.2) is 27.2 Å². The van der Waals surface area contributed by atoms with Gasteiger partial charge >= 0.3 is 0 Å². The predicted octanol–water partition coefficient (Wildman–Crippen LogP) is 3.28. The number of nitro benzene ring substituents is 1. The van der Waals surface area contributed by atoms with Gasteiger partial charge in [0.2, 0.25) is 5.91 Å². The highest BCUT2D eigenvalue weighted by Gasteiger charge is 2.12. The molecule has 0 saturated heterocycles. The number of carbonyl (C=O) groups is 1. The van der Waals surface area contributed by atoms with E-state index >= 15 is 0 Å². The number of anilines is 2. The lowest BCUT2D eigenvalue weighted by molar-refractivity contribution is -0.384. The lowest BCUT2D eigenvalue weighted by Gasteiger charge is -2.09. The van der Waals surface area contributed by atoms with E-state index in [1.807, 2.05) is 41.2 Å². The molecule has 0 radical (unpaired) electrons. The van der Waals surface area contributed by atoms with E-state index in [1.54, 1.807) is 24.4 Å². The summed E-state index contributed by atoms with van der Waals surface area (Å²) < 4.78 is 1.82. The fraction of sp³-hybridized carbons (Fsp3) is 0.158. The molecular weight excluding hydrogens is 346 g/mol. The number of nitro groups is 1. The molecule has 1 amide bonds. The van der Waals surface area contributed by atoms with E-state index in [0.717, 1.165) is 5.56 Å². The maximum atomic E-state index is 12.1. The van der Waals surface area contributed by atoms with Crippen LogP contribution in [-0.2, 0) is 11.3 Å². The highest BCUT2D eigenvalue weighted by atomic mass is 16.6. The second-order valence-corrected chi connectivity index (χ2v) is 5.90. The summed E-state index contributed by atoms with van der Waals surface area (Å²) in [5, 5.41) is 20.9. The average Bonchev–Trinajstić information content (AvgIpc) is 3.17. The van der Waals surface area contributed by atoms with Crippen molar-refractivity contribution in [2.75, 3.05) is 17.2 Å². The maximum Gasteiger partial charge on any atom is 0.292 e. The van der Waals surface area contributed by atoms with E-state index < -0.39 is 4.92 Å². The number of nitrogens with zero attached hydrogens (tertiary/aromatic N) is 3. The maximum absolute atomic E-state index is 12.1. The second kappa shape index (κ2) is 8.61. The first-order valence-corrected chi connectivity index (χ1v) is 8.45. The van der Waals surface area contributed by atoms with Gasteiger partial charge in [0.05, 0.1) is 11.5 Å². The average molecular weight is 365 g/mol. The molecule has 138 valence electrons. The minimum Gasteiger partial charge on any atom is -0.379 e. The number of hydrogen-bond donors (Lipinski definition) is 2. The van der Waals surface area contributed by atoms with Crippen LogP contribution >= 0.6 is 0 Å². The van der Waals surface area contributed by atoms with Crippen molar-refractivity contribution < 1.29 is 9.72 Å². The van der Waals surface area contributed by atoms with E-state index in [-0.39, 0.29) is 18.0 Å². The van der Waals surface area contributed by atoms with Crippen LogP contribution in [0.15, 0.2) is 67.0 Å². The van der Waals surface area contributed by atoms with Crippen LogP contribution in [0.5, 0.6) is 0 Å². The van der Waals surface area contributed by atoms with Gasteiger partial charge in [-0.05, 0) is 29.8 Å². The molecule has 3 aromatic rings. The van der Waals surface area contributed by atoms with Gasteiger partial charge in [0.25, 0.3) is 5.69 Å². The molecule has 0 bridgehead atoms. The summed E-state index contributed by atoms with van der Waals surface area (Å²) in [6.45, 7) is 0.967. The van der Waals surface area contributed by atoms with Crippen molar-refractivity contribution in [3.05, 3.63) is 82.7 Å². The van der Waals surface area contributed by atoms with Gasteiger partial charge in [-0.25, -0.2) is 0 Å². The second-order valence-electron chi connectivity index (χ2n) is 5.90. The number of rotatable bonds is 8. The third-order valence-corrected chi connectivity index (χ3v) is 3.91. The fourth-order valence-electron chi connectivity index (χ4n) is 2.59. The van der Waals surface area contributed by atoms with Crippen LogP contribution < -0.4 is 10.6 Å². The van der Waals surface area contributed by atoms with Crippen LogP contribution in [0.25, 0.3) is 0 Å². The van der Waals surface area contributed by atoms with Crippen molar-refractivity contribution >= 4 is 23.0 Å². The molecule has 0 aliphatic carbocycles. The molecule has 3 rings (SSSR count). The van der Waals surface area contributed by atoms with Crippen molar-refractivity contribution in [1.82, 2.24) is 9.78 Å². The molecule has 0 aliphatic rings. The van der Waals surface area contributed by atoms with Crippen LogP contribution in [0.2, 0.25) is 0 Å². The molecule has 0 atom stereocenters. The minimum atomic E-state index is -0.451. The largest absolute Gasteiger partial charge is 0.379 e. The molecule has 27 heavy (non-hydrogen) atoms. The lowest BCUT2D eigenvalue weighted by atomic mass is 10.2. The Balaban J connectivity index is 1.47. The van der Waals surface area contributed by atoms with Gasteiger partial charge in [-0.2, -0.15) is 5.10 Å². The van der Waals surface area contributed by atoms with Gasteiger partial charge in [-0.15, -0.1) is 0 Å². The van der Waals surface area contributed by atoms with Crippen molar-refractivity contribution in [1.29, 1.82) is 0 Å². The lowest BCUT2D eigenvalue weighted by Crippen LogP contribution is -2.16. The molecule has 1 heterocycles. The minimum absolute atomic E-state index is 0.00863. The normalized spacial score (nSPS) is 10.4. The van der Waals surface area contributed by atoms with Gasteiger partial charge in [-0.3, -0.25) is 19.6 Å². The highest BCUT2D eigenvalue weighted by molar-refractivity contribution is 5.91. The summed E-state index contributed by atoms with van der Waals surface area (Å²) in [6, 6.07) is 15.8. The molecule has 0 saturated carbocycles. The number of carbonyl (C=O) groups excluding carboxylic acids is 1. The summed E-state index contributed by atoms with van der Waals surface area (Å²) >= 11 is 0. The SMILES string of the molecule is O=C(CCNc1ccccc1[N+](=O)[O-])Nc1ccc(Cn2cccn2)cc1. The van der Waals surface area contributed by atoms with Crippen LogP contribution in [0, 0.1) is 10.1 Å². The summed E-state index contributed by atoms with van der Waals surface area (Å²) in [7, 11) is 0. The Morgan fingerprint density at radius 1 is 1.11 bits per heavy atom. The first-order valence-electron chi connectivity index (χ1n) is 8.45.